The first-order valence-electron chi connectivity index (χ1n) is 8.20. The summed E-state index contributed by atoms with van der Waals surface area (Å²) in [6.07, 6.45) is 0. The lowest BCUT2D eigenvalue weighted by molar-refractivity contribution is -0.121. The van der Waals surface area contributed by atoms with Gasteiger partial charge in [0.2, 0.25) is 15.9 Å². The number of amides is 1. The van der Waals surface area contributed by atoms with E-state index >= 15 is 0 Å². The van der Waals surface area contributed by atoms with Gasteiger partial charge < -0.3 is 10.1 Å². The lowest BCUT2D eigenvalue weighted by Crippen LogP contribution is -2.39. The van der Waals surface area contributed by atoms with Gasteiger partial charge in [0.15, 0.2) is 0 Å². The molecule has 6 nitrogen and oxygen atoms in total. The molecule has 0 spiro atoms. The van der Waals surface area contributed by atoms with Crippen LogP contribution in [0.3, 0.4) is 0 Å². The van der Waals surface area contributed by atoms with Crippen LogP contribution >= 0.6 is 0 Å². The lowest BCUT2D eigenvalue weighted by Gasteiger charge is -2.19. The van der Waals surface area contributed by atoms with E-state index in [-0.39, 0.29) is 23.4 Å². The van der Waals surface area contributed by atoms with Crippen LogP contribution in [-0.4, -0.2) is 39.3 Å². The van der Waals surface area contributed by atoms with Crippen molar-refractivity contribution in [2.24, 2.45) is 0 Å². The molecule has 140 valence electrons. The number of carbonyl (C=O) groups is 1. The van der Waals surface area contributed by atoms with Crippen molar-refractivity contribution in [1.29, 1.82) is 0 Å². The van der Waals surface area contributed by atoms with E-state index in [0.29, 0.717) is 5.75 Å². The molecule has 0 aliphatic carbocycles. The van der Waals surface area contributed by atoms with Gasteiger partial charge in [0.25, 0.3) is 0 Å². The number of hydrogen-bond donors (Lipinski definition) is 1. The summed E-state index contributed by atoms with van der Waals surface area (Å²) in [5.74, 6) is 0.203. The molecule has 2 rings (SSSR count). The van der Waals surface area contributed by atoms with Gasteiger partial charge in [-0.25, -0.2) is 8.42 Å². The molecular formula is C19H24N2O4S. The highest BCUT2D eigenvalue weighted by Gasteiger charge is 2.23. The van der Waals surface area contributed by atoms with Gasteiger partial charge in [0.05, 0.1) is 24.6 Å². The van der Waals surface area contributed by atoms with Gasteiger partial charge in [0, 0.05) is 7.05 Å². The third kappa shape index (κ3) is 4.83. The summed E-state index contributed by atoms with van der Waals surface area (Å²) in [4.78, 5) is 12.4. The van der Waals surface area contributed by atoms with Gasteiger partial charge in [-0.2, -0.15) is 4.31 Å². The highest BCUT2D eigenvalue weighted by atomic mass is 32.2. The molecule has 2 aromatic rings. The SMILES string of the molecule is COc1ccc(S(=O)(=O)N(C)CC(=O)N[C@@H](C)c2ccc(C)cc2)cc1. The van der Waals surface area contributed by atoms with Crippen LogP contribution in [0.15, 0.2) is 53.4 Å². The van der Waals surface area contributed by atoms with Crippen LogP contribution in [0.4, 0.5) is 0 Å². The van der Waals surface area contributed by atoms with E-state index in [9.17, 15) is 13.2 Å². The number of ether oxygens (including phenoxy) is 1. The molecule has 0 saturated carbocycles. The maximum atomic E-state index is 12.6. The van der Waals surface area contributed by atoms with Crippen molar-refractivity contribution in [3.05, 3.63) is 59.7 Å². The first-order chi connectivity index (χ1) is 12.2. The second kappa shape index (κ2) is 8.33. The predicted octanol–water partition coefficient (Wildman–Crippen LogP) is 2.50. The fourth-order valence-electron chi connectivity index (χ4n) is 2.44. The van der Waals surface area contributed by atoms with Crippen molar-refractivity contribution < 1.29 is 17.9 Å². The molecule has 0 unspecified atom stereocenters. The summed E-state index contributed by atoms with van der Waals surface area (Å²) in [6.45, 7) is 3.59. The minimum atomic E-state index is -3.75. The summed E-state index contributed by atoms with van der Waals surface area (Å²) in [5, 5.41) is 2.82. The molecule has 2 aromatic carbocycles. The Balaban J connectivity index is 2.01. The first-order valence-corrected chi connectivity index (χ1v) is 9.64. The average Bonchev–Trinajstić information content (AvgIpc) is 2.62. The fourth-order valence-corrected chi connectivity index (χ4v) is 3.57. The van der Waals surface area contributed by atoms with Crippen molar-refractivity contribution in [2.75, 3.05) is 20.7 Å². The minimum absolute atomic E-state index is 0.111. The van der Waals surface area contributed by atoms with Crippen molar-refractivity contribution in [3.8, 4) is 5.75 Å². The van der Waals surface area contributed by atoms with E-state index in [4.69, 9.17) is 4.74 Å². The van der Waals surface area contributed by atoms with Crippen LogP contribution in [0.1, 0.15) is 24.1 Å². The number of nitrogens with zero attached hydrogens (tertiary/aromatic N) is 1. The molecule has 0 heterocycles. The van der Waals surface area contributed by atoms with E-state index in [2.05, 4.69) is 5.32 Å². The van der Waals surface area contributed by atoms with Crippen molar-refractivity contribution in [2.45, 2.75) is 24.8 Å². The minimum Gasteiger partial charge on any atom is -0.497 e. The number of rotatable bonds is 7. The lowest BCUT2D eigenvalue weighted by atomic mass is 10.1. The van der Waals surface area contributed by atoms with Crippen molar-refractivity contribution in [1.82, 2.24) is 9.62 Å². The van der Waals surface area contributed by atoms with E-state index in [1.54, 1.807) is 12.1 Å². The first kappa shape index (κ1) is 19.9. The van der Waals surface area contributed by atoms with Gasteiger partial charge in [0.1, 0.15) is 5.75 Å². The van der Waals surface area contributed by atoms with E-state index < -0.39 is 10.0 Å². The molecule has 0 fully saturated rings. The summed E-state index contributed by atoms with van der Waals surface area (Å²) >= 11 is 0. The van der Waals surface area contributed by atoms with E-state index in [1.807, 2.05) is 38.1 Å². The summed E-state index contributed by atoms with van der Waals surface area (Å²) in [5.41, 5.74) is 2.10. The Morgan fingerprint density at radius 3 is 2.23 bits per heavy atom. The number of hydrogen-bond acceptors (Lipinski definition) is 4. The number of carbonyl (C=O) groups excluding carboxylic acids is 1. The normalized spacial score (nSPS) is 12.7. The summed E-state index contributed by atoms with van der Waals surface area (Å²) < 4.78 is 31.2. The quantitative estimate of drug-likeness (QED) is 0.806. The number of methoxy groups -OCH3 is 1. The Labute approximate surface area is 154 Å². The number of nitrogens with one attached hydrogen (secondary N) is 1. The zero-order valence-corrected chi connectivity index (χ0v) is 16.2. The van der Waals surface area contributed by atoms with E-state index in [1.165, 1.54) is 26.3 Å². The van der Waals surface area contributed by atoms with Crippen LogP contribution in [0.5, 0.6) is 5.75 Å². The van der Waals surface area contributed by atoms with Crippen LogP contribution in [0, 0.1) is 6.92 Å². The van der Waals surface area contributed by atoms with Gasteiger partial charge >= 0.3 is 0 Å². The second-order valence-corrected chi connectivity index (χ2v) is 8.18. The zero-order valence-electron chi connectivity index (χ0n) is 15.4. The highest BCUT2D eigenvalue weighted by molar-refractivity contribution is 7.89. The summed E-state index contributed by atoms with van der Waals surface area (Å²) in [6, 6.07) is 13.7. The zero-order chi connectivity index (χ0) is 19.3. The molecule has 0 radical (unpaired) electrons. The number of benzene rings is 2. The van der Waals surface area contributed by atoms with Gasteiger partial charge in [-0.15, -0.1) is 0 Å². The fraction of sp³-hybridized carbons (Fsp3) is 0.316. The Bertz CT molecular complexity index is 846. The molecule has 1 amide bonds. The maximum absolute atomic E-state index is 12.6. The number of sulfonamides is 1. The van der Waals surface area contributed by atoms with Crippen LogP contribution in [-0.2, 0) is 14.8 Å². The largest absolute Gasteiger partial charge is 0.497 e. The van der Waals surface area contributed by atoms with Gasteiger partial charge in [-0.05, 0) is 43.7 Å². The Morgan fingerprint density at radius 1 is 1.12 bits per heavy atom. The Kier molecular flexibility index (Phi) is 6.39. The van der Waals surface area contributed by atoms with Crippen LogP contribution < -0.4 is 10.1 Å². The molecule has 0 aliphatic rings. The molecular weight excluding hydrogens is 352 g/mol. The average molecular weight is 376 g/mol. The van der Waals surface area contributed by atoms with Crippen LogP contribution in [0.2, 0.25) is 0 Å². The molecule has 0 bridgehead atoms. The van der Waals surface area contributed by atoms with E-state index in [0.717, 1.165) is 15.4 Å². The molecule has 0 aliphatic heterocycles. The Morgan fingerprint density at radius 2 is 1.69 bits per heavy atom. The molecule has 0 saturated heterocycles. The summed E-state index contributed by atoms with van der Waals surface area (Å²) in [7, 11) is -0.854. The van der Waals surface area contributed by atoms with Crippen molar-refractivity contribution >= 4 is 15.9 Å². The predicted molar refractivity (Wildman–Crippen MR) is 101 cm³/mol. The topological polar surface area (TPSA) is 75.7 Å². The number of likely N-dealkylation sites (N-methyl/N-ethyl adjacent to an activating group) is 1. The molecule has 1 N–H and O–H groups in total. The smallest absolute Gasteiger partial charge is 0.243 e. The molecule has 26 heavy (non-hydrogen) atoms. The highest BCUT2D eigenvalue weighted by Crippen LogP contribution is 2.18. The number of aryl methyl sites for hydroxylation is 1. The van der Waals surface area contributed by atoms with Crippen molar-refractivity contribution in [3.63, 3.8) is 0 Å². The molecule has 1 atom stereocenters. The standard InChI is InChI=1S/C19H24N2O4S/c1-14-5-7-16(8-6-14)15(2)20-19(22)13-21(3)26(23,24)18-11-9-17(25-4)10-12-18/h5-12,15H,13H2,1-4H3,(H,20,22)/t15-/m0/s1. The third-order valence-corrected chi connectivity index (χ3v) is 5.91. The van der Waals surface area contributed by atoms with Gasteiger partial charge in [-0.3, -0.25) is 4.79 Å². The monoisotopic (exact) mass is 376 g/mol. The molecule has 0 aromatic heterocycles. The third-order valence-electron chi connectivity index (χ3n) is 4.09. The van der Waals surface area contributed by atoms with Crippen LogP contribution in [0.25, 0.3) is 0 Å². The Hall–Kier alpha value is -2.38. The maximum Gasteiger partial charge on any atom is 0.243 e. The van der Waals surface area contributed by atoms with Gasteiger partial charge in [-0.1, -0.05) is 29.8 Å². The second-order valence-electron chi connectivity index (χ2n) is 6.14. The molecule has 7 heteroatoms.